The van der Waals surface area contributed by atoms with Gasteiger partial charge in [-0.1, -0.05) is 18.2 Å². The van der Waals surface area contributed by atoms with Gasteiger partial charge < -0.3 is 14.4 Å². The Morgan fingerprint density at radius 3 is 2.23 bits per heavy atom. The van der Waals surface area contributed by atoms with Crippen molar-refractivity contribution < 1.29 is 14.3 Å². The minimum atomic E-state index is 0.486. The van der Waals surface area contributed by atoms with Gasteiger partial charge in [-0.15, -0.1) is 11.3 Å². The van der Waals surface area contributed by atoms with Gasteiger partial charge in [0.25, 0.3) is 0 Å². The molecule has 0 fully saturated rings. The Bertz CT molecular complexity index is 701. The first-order chi connectivity index (χ1) is 10.7. The normalized spacial score (nSPS) is 13.4. The molecule has 1 aromatic heterocycles. The molecule has 0 bridgehead atoms. The smallest absolute Gasteiger partial charge is 0.183 e. The lowest BCUT2D eigenvalue weighted by atomic mass is 10.2. The van der Waals surface area contributed by atoms with Crippen LogP contribution < -0.4 is 14.4 Å². The van der Waals surface area contributed by atoms with E-state index in [1.54, 1.807) is 0 Å². The molecule has 1 aliphatic heterocycles. The summed E-state index contributed by atoms with van der Waals surface area (Å²) in [5.74, 6) is 1.26. The van der Waals surface area contributed by atoms with Crippen LogP contribution in [0.1, 0.15) is 20.1 Å². The van der Waals surface area contributed by atoms with Crippen molar-refractivity contribution in [1.29, 1.82) is 0 Å². The number of rotatable bonds is 4. The number of anilines is 1. The van der Waals surface area contributed by atoms with Gasteiger partial charge in [0.1, 0.15) is 18.1 Å². The number of fused-ring (bicyclic) bond motifs is 1. The lowest BCUT2D eigenvalue weighted by Crippen LogP contribution is -2.15. The molecule has 1 aliphatic rings. The molecule has 114 valence electrons. The lowest BCUT2D eigenvalue weighted by Gasteiger charge is -2.15. The second kappa shape index (κ2) is 6.23. The van der Waals surface area contributed by atoms with E-state index in [-0.39, 0.29) is 0 Å². The molecule has 2 heterocycles. The average Bonchev–Trinajstić information content (AvgIpc) is 2.91. The van der Waals surface area contributed by atoms with Crippen molar-refractivity contribution in [3.63, 3.8) is 0 Å². The highest BCUT2D eigenvalue weighted by molar-refractivity contribution is 7.15. The molecule has 22 heavy (non-hydrogen) atoms. The maximum Gasteiger partial charge on any atom is 0.183 e. The fraction of sp³-hybridized carbons (Fsp3) is 0.235. The third-order valence-corrected chi connectivity index (χ3v) is 4.44. The van der Waals surface area contributed by atoms with Gasteiger partial charge in [0.2, 0.25) is 0 Å². The van der Waals surface area contributed by atoms with Crippen LogP contribution in [0.15, 0.2) is 24.3 Å². The average molecular weight is 315 g/mol. The van der Waals surface area contributed by atoms with E-state index in [2.05, 4.69) is 29.2 Å². The van der Waals surface area contributed by atoms with Crippen LogP contribution in [0, 0.1) is 0 Å². The molecule has 4 nitrogen and oxygen atoms in total. The highest BCUT2D eigenvalue weighted by atomic mass is 32.1. The van der Waals surface area contributed by atoms with E-state index >= 15 is 0 Å². The van der Waals surface area contributed by atoms with E-state index in [1.807, 2.05) is 26.2 Å². The van der Waals surface area contributed by atoms with E-state index < -0.39 is 0 Å². The topological polar surface area (TPSA) is 38.8 Å². The maximum atomic E-state index is 11.1. The summed E-state index contributed by atoms with van der Waals surface area (Å²) in [4.78, 5) is 14.7. The molecule has 0 N–H and O–H groups in total. The quantitative estimate of drug-likeness (QED) is 0.809. The first-order valence-electron chi connectivity index (χ1n) is 7.02. The zero-order valence-corrected chi connectivity index (χ0v) is 13.4. The van der Waals surface area contributed by atoms with Crippen LogP contribution >= 0.6 is 11.3 Å². The molecule has 0 amide bonds. The maximum absolute atomic E-state index is 11.1. The number of hydrogen-bond donors (Lipinski definition) is 0. The molecule has 2 aromatic rings. The molecule has 0 atom stereocenters. The summed E-state index contributed by atoms with van der Waals surface area (Å²) in [6, 6.07) is 8.26. The van der Waals surface area contributed by atoms with E-state index in [9.17, 15) is 4.79 Å². The third kappa shape index (κ3) is 2.85. The van der Waals surface area contributed by atoms with Crippen LogP contribution in [-0.2, 0) is 0 Å². The van der Waals surface area contributed by atoms with Gasteiger partial charge in [0.15, 0.2) is 17.8 Å². The number of thiophene rings is 1. The summed E-state index contributed by atoms with van der Waals surface area (Å²) >= 11 is 1.39. The van der Waals surface area contributed by atoms with Crippen LogP contribution in [0.5, 0.6) is 11.5 Å². The molecule has 0 saturated heterocycles. The van der Waals surface area contributed by atoms with Crippen LogP contribution in [-0.4, -0.2) is 33.6 Å². The Morgan fingerprint density at radius 1 is 1.00 bits per heavy atom. The van der Waals surface area contributed by atoms with Gasteiger partial charge >= 0.3 is 0 Å². The minimum Gasteiger partial charge on any atom is -0.485 e. The zero-order chi connectivity index (χ0) is 15.5. The molecule has 0 spiro atoms. The van der Waals surface area contributed by atoms with Crippen molar-refractivity contribution in [3.05, 3.63) is 39.6 Å². The fourth-order valence-electron chi connectivity index (χ4n) is 2.24. The Balaban J connectivity index is 1.86. The first-order valence-corrected chi connectivity index (χ1v) is 7.83. The monoisotopic (exact) mass is 315 g/mol. The van der Waals surface area contributed by atoms with Gasteiger partial charge in [0, 0.05) is 19.8 Å². The second-order valence-corrected chi connectivity index (χ2v) is 6.21. The number of carbonyl (C=O) groups is 1. The Hall–Kier alpha value is -2.27. The largest absolute Gasteiger partial charge is 0.485 e. The summed E-state index contributed by atoms with van der Waals surface area (Å²) in [7, 11) is 4.03. The number of nitrogens with zero attached hydrogens (tertiary/aromatic N) is 1. The number of hydrogen-bond acceptors (Lipinski definition) is 5. The SMILES string of the molecule is CN(C)c1ccc(/C=C/c2sc(C=O)c3c2OCCO3)cc1. The second-order valence-electron chi connectivity index (χ2n) is 5.12. The molecular formula is C17H17NO3S. The number of carbonyl (C=O) groups excluding carboxylic acids is 1. The summed E-state index contributed by atoms with van der Waals surface area (Å²) in [5, 5.41) is 0. The van der Waals surface area contributed by atoms with Crippen molar-refractivity contribution in [3.8, 4) is 11.5 Å². The predicted molar refractivity (Wildman–Crippen MR) is 90.4 cm³/mol. The van der Waals surface area contributed by atoms with Crippen molar-refractivity contribution in [2.24, 2.45) is 0 Å². The minimum absolute atomic E-state index is 0.486. The van der Waals surface area contributed by atoms with Crippen molar-refractivity contribution in [2.75, 3.05) is 32.2 Å². The number of ether oxygens (including phenoxy) is 2. The molecule has 0 unspecified atom stereocenters. The van der Waals surface area contributed by atoms with E-state index in [4.69, 9.17) is 9.47 Å². The number of benzene rings is 1. The Labute approximate surface area is 133 Å². The molecule has 5 heteroatoms. The van der Waals surface area contributed by atoms with Crippen molar-refractivity contribution in [2.45, 2.75) is 0 Å². The standard InChI is InChI=1S/C17H17NO3S/c1-18(2)13-6-3-12(4-7-13)5-8-14-16-17(15(11-19)22-14)21-10-9-20-16/h3-8,11H,9-10H2,1-2H3/b8-5+. The molecular weight excluding hydrogens is 298 g/mol. The summed E-state index contributed by atoms with van der Waals surface area (Å²) in [6.07, 6.45) is 4.80. The summed E-state index contributed by atoms with van der Waals surface area (Å²) < 4.78 is 11.2. The highest BCUT2D eigenvalue weighted by Crippen LogP contribution is 2.44. The van der Waals surface area contributed by atoms with Crippen LogP contribution in [0.4, 0.5) is 5.69 Å². The Kier molecular flexibility index (Phi) is 4.15. The van der Waals surface area contributed by atoms with Crippen molar-refractivity contribution >= 4 is 35.5 Å². The molecule has 1 aromatic carbocycles. The molecule has 0 saturated carbocycles. The lowest BCUT2D eigenvalue weighted by molar-refractivity contribution is 0.111. The fourth-order valence-corrected chi connectivity index (χ4v) is 3.15. The van der Waals surface area contributed by atoms with Gasteiger partial charge in [-0.25, -0.2) is 0 Å². The van der Waals surface area contributed by atoms with E-state index in [0.717, 1.165) is 22.4 Å². The molecule has 0 radical (unpaired) electrons. The van der Waals surface area contributed by atoms with Gasteiger partial charge in [0.05, 0.1) is 4.88 Å². The van der Waals surface area contributed by atoms with Crippen molar-refractivity contribution in [1.82, 2.24) is 0 Å². The first kappa shape index (κ1) is 14.7. The summed E-state index contributed by atoms with van der Waals surface area (Å²) in [5.41, 5.74) is 2.25. The van der Waals surface area contributed by atoms with Crippen LogP contribution in [0.3, 0.4) is 0 Å². The van der Waals surface area contributed by atoms with E-state index in [0.29, 0.717) is 29.6 Å². The molecule has 3 rings (SSSR count). The van der Waals surface area contributed by atoms with Crippen LogP contribution in [0.25, 0.3) is 12.2 Å². The number of aldehydes is 1. The zero-order valence-electron chi connectivity index (χ0n) is 12.5. The highest BCUT2D eigenvalue weighted by Gasteiger charge is 2.22. The Morgan fingerprint density at radius 2 is 1.64 bits per heavy atom. The predicted octanol–water partition coefficient (Wildman–Crippen LogP) is 3.57. The third-order valence-electron chi connectivity index (χ3n) is 3.39. The van der Waals surface area contributed by atoms with Gasteiger partial charge in [-0.2, -0.15) is 0 Å². The van der Waals surface area contributed by atoms with Gasteiger partial charge in [-0.3, -0.25) is 4.79 Å². The molecule has 0 aliphatic carbocycles. The van der Waals surface area contributed by atoms with Gasteiger partial charge in [-0.05, 0) is 23.8 Å². The van der Waals surface area contributed by atoms with E-state index in [1.165, 1.54) is 11.3 Å². The summed E-state index contributed by atoms with van der Waals surface area (Å²) in [6.45, 7) is 1.00. The van der Waals surface area contributed by atoms with Crippen LogP contribution in [0.2, 0.25) is 0 Å².